The standard InChI is InChI=1S/C24H20N2O2S3/c1-29-24-22(14-21(30-24)23(25)26)31(28)18-9-5-8-17(12-18)19-13-16(10-11-20(19)27)15-6-3-2-4-7-15/h2-14,27H,1H3,(H3,25,26). The summed E-state index contributed by atoms with van der Waals surface area (Å²) in [4.78, 5) is 1.89. The molecule has 0 fully saturated rings. The number of hydrogen-bond acceptors (Lipinski definition) is 5. The number of thioether (sulfide) groups is 1. The van der Waals surface area contributed by atoms with Crippen LogP contribution in [0.3, 0.4) is 0 Å². The molecule has 3 aromatic carbocycles. The Balaban J connectivity index is 1.74. The van der Waals surface area contributed by atoms with E-state index in [0.29, 0.717) is 20.2 Å². The molecule has 4 nitrogen and oxygen atoms in total. The van der Waals surface area contributed by atoms with Gasteiger partial charge in [0.2, 0.25) is 0 Å². The van der Waals surface area contributed by atoms with Gasteiger partial charge in [-0.1, -0.05) is 48.5 Å². The van der Waals surface area contributed by atoms with Gasteiger partial charge in [0, 0.05) is 28.9 Å². The van der Waals surface area contributed by atoms with Crippen molar-refractivity contribution in [3.63, 3.8) is 0 Å². The van der Waals surface area contributed by atoms with Gasteiger partial charge in [-0.25, -0.2) is 0 Å². The summed E-state index contributed by atoms with van der Waals surface area (Å²) in [6.45, 7) is 0. The highest BCUT2D eigenvalue weighted by Gasteiger charge is 2.24. The number of rotatable bonds is 6. The molecule has 4 N–H and O–H groups in total. The number of hydrogen-bond donors (Lipinski definition) is 3. The van der Waals surface area contributed by atoms with E-state index in [1.54, 1.807) is 12.1 Å². The summed E-state index contributed by atoms with van der Waals surface area (Å²) in [7, 11) is 0. The molecule has 4 aromatic rings. The molecule has 156 valence electrons. The maximum atomic E-state index is 13.3. The number of phenolic OH excluding ortho intramolecular Hbond substituents is 1. The molecule has 1 aromatic heterocycles. The highest BCUT2D eigenvalue weighted by atomic mass is 32.2. The molecule has 0 saturated carbocycles. The van der Waals surface area contributed by atoms with Crippen molar-refractivity contribution in [2.24, 2.45) is 5.73 Å². The van der Waals surface area contributed by atoms with E-state index in [1.165, 1.54) is 23.1 Å². The first-order valence-corrected chi connectivity index (χ1v) is 12.6. The van der Waals surface area contributed by atoms with Crippen LogP contribution in [0.25, 0.3) is 22.3 Å². The summed E-state index contributed by atoms with van der Waals surface area (Å²) in [6, 6.07) is 24.6. The minimum Gasteiger partial charge on any atom is -0.606 e. The van der Waals surface area contributed by atoms with Crippen molar-refractivity contribution in [2.75, 3.05) is 6.26 Å². The second-order valence-corrected chi connectivity index (χ2v) is 10.4. The van der Waals surface area contributed by atoms with Gasteiger partial charge in [0.15, 0.2) is 9.79 Å². The lowest BCUT2D eigenvalue weighted by atomic mass is 9.98. The first-order chi connectivity index (χ1) is 15.0. The van der Waals surface area contributed by atoms with Crippen LogP contribution < -0.4 is 5.73 Å². The molecule has 0 spiro atoms. The van der Waals surface area contributed by atoms with Crippen molar-refractivity contribution in [3.8, 4) is 28.0 Å². The van der Waals surface area contributed by atoms with E-state index in [9.17, 15) is 9.66 Å². The van der Waals surface area contributed by atoms with Crippen LogP contribution in [0.2, 0.25) is 0 Å². The highest BCUT2D eigenvalue weighted by Crippen LogP contribution is 2.39. The Labute approximate surface area is 192 Å². The van der Waals surface area contributed by atoms with E-state index < -0.39 is 11.2 Å². The van der Waals surface area contributed by atoms with Crippen molar-refractivity contribution < 1.29 is 9.66 Å². The van der Waals surface area contributed by atoms with Gasteiger partial charge in [-0.15, -0.1) is 23.1 Å². The van der Waals surface area contributed by atoms with Crippen LogP contribution in [0.4, 0.5) is 0 Å². The van der Waals surface area contributed by atoms with Crippen LogP contribution in [0.15, 0.2) is 92.9 Å². The summed E-state index contributed by atoms with van der Waals surface area (Å²) in [5.74, 6) is 0.141. The molecule has 1 heterocycles. The van der Waals surface area contributed by atoms with Gasteiger partial charge < -0.3 is 15.4 Å². The quantitative estimate of drug-likeness (QED) is 0.142. The minimum atomic E-state index is -1.43. The highest BCUT2D eigenvalue weighted by molar-refractivity contribution is 8.01. The monoisotopic (exact) mass is 464 g/mol. The van der Waals surface area contributed by atoms with Crippen LogP contribution in [0, 0.1) is 5.41 Å². The van der Waals surface area contributed by atoms with Gasteiger partial charge >= 0.3 is 0 Å². The summed E-state index contributed by atoms with van der Waals surface area (Å²) >= 11 is 1.44. The molecule has 0 radical (unpaired) electrons. The van der Waals surface area contributed by atoms with Gasteiger partial charge in [0.1, 0.15) is 15.8 Å². The van der Waals surface area contributed by atoms with E-state index in [2.05, 4.69) is 0 Å². The molecule has 0 aliphatic heterocycles. The molecule has 0 aliphatic carbocycles. The molecule has 4 rings (SSSR count). The van der Waals surface area contributed by atoms with Gasteiger partial charge in [0.25, 0.3) is 0 Å². The molecule has 0 aliphatic rings. The van der Waals surface area contributed by atoms with Crippen LogP contribution in [0.1, 0.15) is 4.88 Å². The number of phenols is 1. The van der Waals surface area contributed by atoms with Crippen molar-refractivity contribution in [3.05, 3.63) is 83.7 Å². The lowest BCUT2D eigenvalue weighted by Crippen LogP contribution is -2.08. The number of nitrogens with one attached hydrogen (secondary N) is 1. The number of nitrogen functional groups attached to an aromatic ring is 1. The van der Waals surface area contributed by atoms with E-state index in [1.807, 2.05) is 73.0 Å². The number of aromatic hydroxyl groups is 1. The van der Waals surface area contributed by atoms with E-state index in [-0.39, 0.29) is 11.6 Å². The Bertz CT molecular complexity index is 1240. The molecule has 31 heavy (non-hydrogen) atoms. The van der Waals surface area contributed by atoms with E-state index in [4.69, 9.17) is 11.1 Å². The Hall–Kier alpha value is -2.71. The largest absolute Gasteiger partial charge is 0.606 e. The van der Waals surface area contributed by atoms with E-state index >= 15 is 0 Å². The van der Waals surface area contributed by atoms with Gasteiger partial charge in [-0.2, -0.15) is 0 Å². The fourth-order valence-corrected chi connectivity index (χ4v) is 6.72. The smallest absolute Gasteiger partial charge is 0.183 e. The predicted octanol–water partition coefficient (Wildman–Crippen LogP) is 5.96. The van der Waals surface area contributed by atoms with Crippen molar-refractivity contribution in [1.82, 2.24) is 0 Å². The third-order valence-corrected chi connectivity index (χ3v) is 8.75. The Morgan fingerprint density at radius 2 is 1.71 bits per heavy atom. The first kappa shape index (κ1) is 21.5. The van der Waals surface area contributed by atoms with Crippen LogP contribution in [0.5, 0.6) is 5.75 Å². The zero-order chi connectivity index (χ0) is 22.0. The second kappa shape index (κ2) is 9.20. The number of benzene rings is 3. The Morgan fingerprint density at radius 3 is 2.42 bits per heavy atom. The molecular formula is C24H20N2O2S3. The second-order valence-electron chi connectivity index (χ2n) is 6.77. The summed E-state index contributed by atoms with van der Waals surface area (Å²) in [5.41, 5.74) is 9.15. The van der Waals surface area contributed by atoms with Gasteiger partial charge in [0.05, 0.1) is 4.88 Å². The van der Waals surface area contributed by atoms with Crippen LogP contribution in [-0.2, 0) is 11.2 Å². The molecular weight excluding hydrogens is 444 g/mol. The lowest BCUT2D eigenvalue weighted by molar-refractivity contribution is 0.477. The van der Waals surface area contributed by atoms with Crippen molar-refractivity contribution in [1.29, 1.82) is 5.41 Å². The van der Waals surface area contributed by atoms with E-state index in [0.717, 1.165) is 20.9 Å². The van der Waals surface area contributed by atoms with Gasteiger partial charge in [-0.05, 0) is 41.1 Å². The third kappa shape index (κ3) is 4.50. The number of nitrogens with two attached hydrogens (primary N) is 1. The third-order valence-electron chi connectivity index (χ3n) is 4.78. The predicted molar refractivity (Wildman–Crippen MR) is 131 cm³/mol. The van der Waals surface area contributed by atoms with Crippen molar-refractivity contribution >= 4 is 40.1 Å². The number of thiophene rings is 1. The lowest BCUT2D eigenvalue weighted by Gasteiger charge is -2.12. The Kier molecular flexibility index (Phi) is 6.38. The Morgan fingerprint density at radius 1 is 0.968 bits per heavy atom. The maximum absolute atomic E-state index is 13.3. The SMILES string of the molecule is CSc1sc(C(=N)N)cc1[S+]([O-])c1cccc(-c2cc(-c3ccccc3)ccc2O)c1. The minimum absolute atomic E-state index is 0.0278. The summed E-state index contributed by atoms with van der Waals surface area (Å²) < 4.78 is 14.2. The fourth-order valence-electron chi connectivity index (χ4n) is 3.25. The first-order valence-electron chi connectivity index (χ1n) is 9.41. The zero-order valence-electron chi connectivity index (χ0n) is 16.7. The normalized spacial score (nSPS) is 11.9. The molecule has 1 unspecified atom stereocenters. The average molecular weight is 465 g/mol. The van der Waals surface area contributed by atoms with Crippen molar-refractivity contribution in [2.45, 2.75) is 14.0 Å². The zero-order valence-corrected chi connectivity index (χ0v) is 19.1. The molecule has 0 amide bonds. The summed E-state index contributed by atoms with van der Waals surface area (Å²) in [6.07, 6.45) is 1.92. The van der Waals surface area contributed by atoms with Crippen LogP contribution in [-0.4, -0.2) is 21.8 Å². The summed E-state index contributed by atoms with van der Waals surface area (Å²) in [5, 5.41) is 18.2. The maximum Gasteiger partial charge on any atom is 0.183 e. The molecule has 1 atom stereocenters. The fraction of sp³-hybridized carbons (Fsp3) is 0.0417. The topological polar surface area (TPSA) is 93.2 Å². The average Bonchev–Trinajstić information content (AvgIpc) is 3.24. The molecule has 0 saturated heterocycles. The molecule has 7 heteroatoms. The molecule has 0 bridgehead atoms. The van der Waals surface area contributed by atoms with Crippen LogP contribution >= 0.6 is 23.1 Å². The van der Waals surface area contributed by atoms with Gasteiger partial charge in [-0.3, -0.25) is 5.41 Å². The number of amidine groups is 1.